The summed E-state index contributed by atoms with van der Waals surface area (Å²) < 4.78 is 10.9. The summed E-state index contributed by atoms with van der Waals surface area (Å²) in [4.78, 5) is 19.5. The Morgan fingerprint density at radius 3 is 2.67 bits per heavy atom. The first-order chi connectivity index (χ1) is 19.1. The summed E-state index contributed by atoms with van der Waals surface area (Å²) in [6, 6.07) is 12.0. The predicted octanol–water partition coefficient (Wildman–Crippen LogP) is 5.05. The number of rotatable bonds is 8. The standard InChI is InChI=1S/C30H37N3O6S/c1-29-11-10-25(36)30(2,16-34)24(29)15-23-27(20(29)14-26(37)31-17-6-5-7-18(35)12-17)33-28(40-23)32-21-13-19(38-3)8-9-22(21)39-4/h5-9,12-13,20,24-25,34-36H,10-11,14-16H2,1-4H3,(H,31,37)(H,32,33). The molecule has 40 heavy (non-hydrogen) atoms. The van der Waals surface area contributed by atoms with Crippen LogP contribution in [0.25, 0.3) is 0 Å². The first kappa shape index (κ1) is 28.2. The Hall–Kier alpha value is -3.34. The number of carbonyl (C=O) groups excluding carboxylic acids is 1. The quantitative estimate of drug-likeness (QED) is 0.255. The minimum atomic E-state index is -0.710. The Balaban J connectivity index is 1.52. The van der Waals surface area contributed by atoms with Gasteiger partial charge in [0.2, 0.25) is 5.91 Å². The lowest BCUT2D eigenvalue weighted by Gasteiger charge is -2.58. The molecule has 2 aliphatic rings. The fraction of sp³-hybridized carbons (Fsp3) is 0.467. The Bertz CT molecular complexity index is 1400. The van der Waals surface area contributed by atoms with Gasteiger partial charge in [-0.25, -0.2) is 4.98 Å². The molecule has 1 saturated carbocycles. The highest BCUT2D eigenvalue weighted by atomic mass is 32.1. The summed E-state index contributed by atoms with van der Waals surface area (Å²) in [7, 11) is 3.21. The van der Waals surface area contributed by atoms with E-state index in [2.05, 4.69) is 17.6 Å². The van der Waals surface area contributed by atoms with Gasteiger partial charge in [-0.1, -0.05) is 19.9 Å². The molecule has 2 aromatic carbocycles. The van der Waals surface area contributed by atoms with Crippen LogP contribution >= 0.6 is 11.3 Å². The van der Waals surface area contributed by atoms with Crippen LogP contribution in [0.3, 0.4) is 0 Å². The lowest BCUT2D eigenvalue weighted by molar-refractivity contribution is -0.143. The van der Waals surface area contributed by atoms with E-state index in [1.54, 1.807) is 32.4 Å². The van der Waals surface area contributed by atoms with Crippen molar-refractivity contribution < 1.29 is 29.6 Å². The minimum absolute atomic E-state index is 0.0560. The van der Waals surface area contributed by atoms with E-state index in [1.165, 1.54) is 17.4 Å². The van der Waals surface area contributed by atoms with E-state index in [0.29, 0.717) is 47.3 Å². The number of thiazole rings is 1. The molecule has 1 heterocycles. The van der Waals surface area contributed by atoms with Gasteiger partial charge in [-0.2, -0.15) is 0 Å². The van der Waals surface area contributed by atoms with Crippen molar-refractivity contribution in [1.29, 1.82) is 0 Å². The van der Waals surface area contributed by atoms with Crippen molar-refractivity contribution in [1.82, 2.24) is 4.98 Å². The number of carbonyl (C=O) groups is 1. The molecule has 5 atom stereocenters. The number of ether oxygens (including phenoxy) is 2. The van der Waals surface area contributed by atoms with E-state index in [0.717, 1.165) is 10.6 Å². The molecule has 1 aromatic heterocycles. The maximum absolute atomic E-state index is 13.4. The van der Waals surface area contributed by atoms with Crippen molar-refractivity contribution >= 4 is 33.8 Å². The SMILES string of the molecule is COc1ccc(OC)c(Nc2nc3c(s2)CC2C(C)(CO)C(O)CCC2(C)C3CC(=O)Nc2cccc(O)c2)c1. The molecule has 0 radical (unpaired) electrons. The molecule has 0 saturated heterocycles. The average molecular weight is 568 g/mol. The normalized spacial score (nSPS) is 27.3. The number of aromatic hydroxyl groups is 1. The minimum Gasteiger partial charge on any atom is -0.508 e. The van der Waals surface area contributed by atoms with Crippen molar-refractivity contribution in [3.63, 3.8) is 0 Å². The fourth-order valence-electron chi connectivity index (χ4n) is 6.71. The van der Waals surface area contributed by atoms with Gasteiger partial charge in [-0.3, -0.25) is 4.79 Å². The third-order valence-electron chi connectivity index (χ3n) is 9.06. The van der Waals surface area contributed by atoms with E-state index < -0.39 is 11.5 Å². The lowest BCUT2D eigenvalue weighted by atomic mass is 9.47. The summed E-state index contributed by atoms with van der Waals surface area (Å²) in [5.41, 5.74) is 1.02. The molecule has 5 rings (SSSR count). The van der Waals surface area contributed by atoms with Crippen molar-refractivity contribution in [3.05, 3.63) is 53.0 Å². The maximum Gasteiger partial charge on any atom is 0.225 e. The second-order valence-corrected chi connectivity index (χ2v) is 12.4. The first-order valence-corrected chi connectivity index (χ1v) is 14.3. The highest BCUT2D eigenvalue weighted by Gasteiger charge is 2.59. The molecule has 5 unspecified atom stereocenters. The number of hydrogen-bond donors (Lipinski definition) is 5. The summed E-state index contributed by atoms with van der Waals surface area (Å²) in [5, 5.41) is 38.3. The molecule has 2 aliphatic carbocycles. The number of aliphatic hydroxyl groups excluding tert-OH is 2. The van der Waals surface area contributed by atoms with Gasteiger partial charge in [-0.15, -0.1) is 11.3 Å². The molecule has 5 N–H and O–H groups in total. The third-order valence-corrected chi connectivity index (χ3v) is 10.1. The molecule has 3 aromatic rings. The third kappa shape index (κ3) is 5.00. The van der Waals surface area contributed by atoms with Crippen LogP contribution in [0.15, 0.2) is 42.5 Å². The molecule has 0 aliphatic heterocycles. The number of amides is 1. The molecular formula is C30H37N3O6S. The van der Waals surface area contributed by atoms with E-state index in [9.17, 15) is 20.1 Å². The van der Waals surface area contributed by atoms with Crippen molar-refractivity contribution in [2.24, 2.45) is 16.7 Å². The topological polar surface area (TPSA) is 133 Å². The van der Waals surface area contributed by atoms with Crippen molar-refractivity contribution in [3.8, 4) is 17.2 Å². The number of hydrogen-bond acceptors (Lipinski definition) is 9. The second kappa shape index (κ2) is 10.9. The molecule has 1 amide bonds. The van der Waals surface area contributed by atoms with Gasteiger partial charge in [0.1, 0.15) is 17.2 Å². The van der Waals surface area contributed by atoms with Gasteiger partial charge in [0, 0.05) is 40.5 Å². The summed E-state index contributed by atoms with van der Waals surface area (Å²) in [6.07, 6.45) is 1.45. The predicted molar refractivity (Wildman–Crippen MR) is 155 cm³/mol. The summed E-state index contributed by atoms with van der Waals surface area (Å²) in [6.45, 7) is 3.98. The van der Waals surface area contributed by atoms with E-state index >= 15 is 0 Å². The molecule has 214 valence electrons. The number of anilines is 3. The maximum atomic E-state index is 13.4. The van der Waals surface area contributed by atoms with E-state index in [-0.39, 0.29) is 41.9 Å². The van der Waals surface area contributed by atoms with Crippen LogP contribution in [0.2, 0.25) is 0 Å². The number of nitrogens with zero attached hydrogens (tertiary/aromatic N) is 1. The van der Waals surface area contributed by atoms with E-state index in [4.69, 9.17) is 14.5 Å². The monoisotopic (exact) mass is 567 g/mol. The Morgan fingerprint density at radius 1 is 1.18 bits per heavy atom. The van der Waals surface area contributed by atoms with Gasteiger partial charge in [0.05, 0.1) is 38.3 Å². The number of phenolic OH excluding ortho intramolecular Hbond substituents is 1. The molecule has 0 spiro atoms. The van der Waals surface area contributed by atoms with Gasteiger partial charge in [-0.05, 0) is 54.9 Å². The number of aliphatic hydroxyl groups is 2. The number of nitrogens with one attached hydrogen (secondary N) is 2. The average Bonchev–Trinajstić information content (AvgIpc) is 3.34. The lowest BCUT2D eigenvalue weighted by Crippen LogP contribution is -2.57. The number of benzene rings is 2. The van der Waals surface area contributed by atoms with Crippen LogP contribution in [0.1, 0.15) is 49.6 Å². The number of aromatic nitrogens is 1. The zero-order valence-electron chi connectivity index (χ0n) is 23.2. The number of fused-ring (bicyclic) bond motifs is 2. The van der Waals surface area contributed by atoms with Gasteiger partial charge in [0.15, 0.2) is 5.13 Å². The molecule has 10 heteroatoms. The van der Waals surface area contributed by atoms with Crippen molar-refractivity contribution in [2.45, 2.75) is 51.6 Å². The zero-order valence-corrected chi connectivity index (χ0v) is 24.0. The van der Waals surface area contributed by atoms with Crippen molar-refractivity contribution in [2.75, 3.05) is 31.5 Å². The highest BCUT2D eigenvalue weighted by molar-refractivity contribution is 7.15. The fourth-order valence-corrected chi connectivity index (χ4v) is 7.79. The Kier molecular flexibility index (Phi) is 7.69. The van der Waals surface area contributed by atoms with Crippen LogP contribution in [-0.4, -0.2) is 53.1 Å². The van der Waals surface area contributed by atoms with Gasteiger partial charge >= 0.3 is 0 Å². The summed E-state index contributed by atoms with van der Waals surface area (Å²) in [5.74, 6) is 0.922. The highest BCUT2D eigenvalue weighted by Crippen LogP contribution is 2.63. The number of phenols is 1. The summed E-state index contributed by atoms with van der Waals surface area (Å²) >= 11 is 1.52. The first-order valence-electron chi connectivity index (χ1n) is 13.5. The second-order valence-electron chi connectivity index (χ2n) is 11.4. The van der Waals surface area contributed by atoms with Crippen LogP contribution in [-0.2, 0) is 11.2 Å². The largest absolute Gasteiger partial charge is 0.508 e. The molecular weight excluding hydrogens is 530 g/mol. The van der Waals surface area contributed by atoms with Crippen LogP contribution in [0.4, 0.5) is 16.5 Å². The molecule has 0 bridgehead atoms. The Morgan fingerprint density at radius 2 is 1.98 bits per heavy atom. The number of methoxy groups -OCH3 is 2. The van der Waals surface area contributed by atoms with Crippen LogP contribution < -0.4 is 20.1 Å². The zero-order chi connectivity index (χ0) is 28.7. The van der Waals surface area contributed by atoms with Gasteiger partial charge < -0.3 is 35.4 Å². The van der Waals surface area contributed by atoms with Crippen LogP contribution in [0, 0.1) is 16.7 Å². The Labute approximate surface area is 238 Å². The van der Waals surface area contributed by atoms with Crippen LogP contribution in [0.5, 0.6) is 17.2 Å². The smallest absolute Gasteiger partial charge is 0.225 e. The van der Waals surface area contributed by atoms with E-state index in [1.807, 2.05) is 25.1 Å². The molecule has 9 nitrogen and oxygen atoms in total. The van der Waals surface area contributed by atoms with Gasteiger partial charge in [0.25, 0.3) is 0 Å². The molecule has 1 fully saturated rings.